The highest BCUT2D eigenvalue weighted by molar-refractivity contribution is 7.99. The van der Waals surface area contributed by atoms with Crippen LogP contribution in [0.1, 0.15) is 33.6 Å². The van der Waals surface area contributed by atoms with Gasteiger partial charge in [-0.25, -0.2) is 0 Å². The molecule has 0 aliphatic rings. The Hall–Kier alpha value is -1.76. The summed E-state index contributed by atoms with van der Waals surface area (Å²) in [6.45, 7) is 7.55. The van der Waals surface area contributed by atoms with E-state index in [1.165, 1.54) is 11.8 Å². The summed E-state index contributed by atoms with van der Waals surface area (Å²) < 4.78 is 12.6. The van der Waals surface area contributed by atoms with Crippen LogP contribution in [-0.4, -0.2) is 33.1 Å². The van der Waals surface area contributed by atoms with E-state index in [9.17, 15) is 4.79 Å². The van der Waals surface area contributed by atoms with E-state index in [-0.39, 0.29) is 11.7 Å². The molecule has 0 atom stereocenters. The molecule has 126 valence electrons. The van der Waals surface area contributed by atoms with Gasteiger partial charge in [0.05, 0.1) is 18.6 Å². The number of unbranched alkanes of at least 4 members (excludes halogenated alkanes) is 1. The van der Waals surface area contributed by atoms with Crippen LogP contribution in [-0.2, 0) is 16.1 Å². The molecule has 0 aromatic carbocycles. The molecule has 2 heterocycles. The standard InChI is InChI=1S/C16H23N3O3S/c1-4-5-8-22-14(20)11-23-16-18-17-15(13-7-6-9-21-13)19(16)10-12(2)3/h6-7,9,12H,4-5,8,10-11H2,1-3H3. The predicted octanol–water partition coefficient (Wildman–Crippen LogP) is 3.63. The minimum atomic E-state index is -0.220. The van der Waals surface area contributed by atoms with E-state index < -0.39 is 0 Å². The molecule has 0 aliphatic heterocycles. The summed E-state index contributed by atoms with van der Waals surface area (Å²) >= 11 is 1.35. The van der Waals surface area contributed by atoms with Crippen LogP contribution in [0.5, 0.6) is 0 Å². The Morgan fingerprint density at radius 3 is 2.91 bits per heavy atom. The maximum absolute atomic E-state index is 11.7. The lowest BCUT2D eigenvalue weighted by Gasteiger charge is -2.11. The van der Waals surface area contributed by atoms with Gasteiger partial charge in [0, 0.05) is 6.54 Å². The molecule has 0 saturated carbocycles. The summed E-state index contributed by atoms with van der Waals surface area (Å²) in [6.07, 6.45) is 3.51. The molecular formula is C16H23N3O3S. The molecule has 23 heavy (non-hydrogen) atoms. The summed E-state index contributed by atoms with van der Waals surface area (Å²) in [5, 5.41) is 9.12. The summed E-state index contributed by atoms with van der Waals surface area (Å²) in [4.78, 5) is 11.7. The van der Waals surface area contributed by atoms with Crippen molar-refractivity contribution in [3.8, 4) is 11.6 Å². The van der Waals surface area contributed by atoms with Crippen molar-refractivity contribution in [2.45, 2.75) is 45.3 Å². The largest absolute Gasteiger partial charge is 0.465 e. The van der Waals surface area contributed by atoms with Gasteiger partial charge < -0.3 is 9.15 Å². The number of hydrogen-bond donors (Lipinski definition) is 0. The zero-order chi connectivity index (χ0) is 16.7. The van der Waals surface area contributed by atoms with Gasteiger partial charge >= 0.3 is 5.97 Å². The highest BCUT2D eigenvalue weighted by Crippen LogP contribution is 2.25. The third-order valence-corrected chi connectivity index (χ3v) is 4.03. The maximum atomic E-state index is 11.7. The van der Waals surface area contributed by atoms with Crippen LogP contribution in [0.2, 0.25) is 0 Å². The number of carbonyl (C=O) groups is 1. The molecule has 0 aliphatic carbocycles. The van der Waals surface area contributed by atoms with Crippen LogP contribution >= 0.6 is 11.8 Å². The van der Waals surface area contributed by atoms with Gasteiger partial charge in [0.2, 0.25) is 0 Å². The van der Waals surface area contributed by atoms with Gasteiger partial charge in [0.25, 0.3) is 0 Å². The third-order valence-electron chi connectivity index (χ3n) is 3.09. The van der Waals surface area contributed by atoms with Crippen molar-refractivity contribution in [3.63, 3.8) is 0 Å². The summed E-state index contributed by atoms with van der Waals surface area (Å²) in [7, 11) is 0. The molecule has 0 bridgehead atoms. The van der Waals surface area contributed by atoms with E-state index in [2.05, 4.69) is 31.0 Å². The molecular weight excluding hydrogens is 314 g/mol. The highest BCUT2D eigenvalue weighted by Gasteiger charge is 2.18. The molecule has 0 radical (unpaired) electrons. The molecule has 0 saturated heterocycles. The molecule has 0 N–H and O–H groups in total. The van der Waals surface area contributed by atoms with Crippen LogP contribution in [0.3, 0.4) is 0 Å². The fourth-order valence-electron chi connectivity index (χ4n) is 2.01. The first-order valence-electron chi connectivity index (χ1n) is 7.87. The molecule has 2 rings (SSSR count). The molecule has 2 aromatic rings. The molecule has 0 amide bonds. The van der Waals surface area contributed by atoms with Gasteiger partial charge in [-0.05, 0) is 24.5 Å². The number of esters is 1. The predicted molar refractivity (Wildman–Crippen MR) is 89.2 cm³/mol. The normalized spacial score (nSPS) is 11.1. The Labute approximate surface area is 140 Å². The minimum Gasteiger partial charge on any atom is -0.465 e. The van der Waals surface area contributed by atoms with Crippen molar-refractivity contribution in [2.75, 3.05) is 12.4 Å². The van der Waals surface area contributed by atoms with E-state index in [4.69, 9.17) is 9.15 Å². The molecule has 2 aromatic heterocycles. The average molecular weight is 337 g/mol. The number of carbonyl (C=O) groups excluding carboxylic acids is 1. The van der Waals surface area contributed by atoms with Crippen molar-refractivity contribution in [1.29, 1.82) is 0 Å². The lowest BCUT2D eigenvalue weighted by Crippen LogP contribution is -2.11. The van der Waals surface area contributed by atoms with Gasteiger partial charge in [-0.15, -0.1) is 10.2 Å². The SMILES string of the molecule is CCCCOC(=O)CSc1nnc(-c2ccco2)n1CC(C)C. The second kappa shape index (κ2) is 8.76. The average Bonchev–Trinajstić information content (AvgIpc) is 3.14. The van der Waals surface area contributed by atoms with E-state index in [1.807, 2.05) is 16.7 Å². The number of hydrogen-bond acceptors (Lipinski definition) is 6. The third kappa shape index (κ3) is 5.13. The van der Waals surface area contributed by atoms with E-state index in [0.29, 0.717) is 29.3 Å². The molecule has 0 spiro atoms. The first-order chi connectivity index (χ1) is 11.1. The Bertz CT molecular complexity index is 608. The molecule has 0 fully saturated rings. The Kier molecular flexibility index (Phi) is 6.70. The van der Waals surface area contributed by atoms with Gasteiger partial charge in [0.1, 0.15) is 0 Å². The number of furan rings is 1. The monoisotopic (exact) mass is 337 g/mol. The van der Waals surface area contributed by atoms with E-state index in [0.717, 1.165) is 19.4 Å². The van der Waals surface area contributed by atoms with Crippen molar-refractivity contribution < 1.29 is 13.9 Å². The number of rotatable bonds is 9. The van der Waals surface area contributed by atoms with E-state index in [1.54, 1.807) is 6.26 Å². The zero-order valence-corrected chi connectivity index (χ0v) is 14.6. The Morgan fingerprint density at radius 2 is 2.26 bits per heavy atom. The smallest absolute Gasteiger partial charge is 0.316 e. The van der Waals surface area contributed by atoms with Crippen molar-refractivity contribution in [2.24, 2.45) is 5.92 Å². The number of thioether (sulfide) groups is 1. The number of aromatic nitrogens is 3. The van der Waals surface area contributed by atoms with Gasteiger partial charge in [-0.2, -0.15) is 0 Å². The van der Waals surface area contributed by atoms with Gasteiger partial charge in [-0.1, -0.05) is 39.0 Å². The van der Waals surface area contributed by atoms with Crippen LogP contribution in [0, 0.1) is 5.92 Å². The maximum Gasteiger partial charge on any atom is 0.316 e. The fourth-order valence-corrected chi connectivity index (χ4v) is 2.75. The summed E-state index contributed by atoms with van der Waals surface area (Å²) in [5.74, 6) is 1.80. The lowest BCUT2D eigenvalue weighted by molar-refractivity contribution is -0.140. The topological polar surface area (TPSA) is 70.2 Å². The fraction of sp³-hybridized carbons (Fsp3) is 0.562. The second-order valence-electron chi connectivity index (χ2n) is 5.65. The molecule has 7 heteroatoms. The van der Waals surface area contributed by atoms with Crippen molar-refractivity contribution in [3.05, 3.63) is 18.4 Å². The highest BCUT2D eigenvalue weighted by atomic mass is 32.2. The van der Waals surface area contributed by atoms with Crippen molar-refractivity contribution in [1.82, 2.24) is 14.8 Å². The summed E-state index contributed by atoms with van der Waals surface area (Å²) in [5.41, 5.74) is 0. The van der Waals surface area contributed by atoms with Crippen LogP contribution in [0.4, 0.5) is 0 Å². The number of ether oxygens (including phenoxy) is 1. The first-order valence-corrected chi connectivity index (χ1v) is 8.85. The number of nitrogens with zero attached hydrogens (tertiary/aromatic N) is 3. The first kappa shape index (κ1) is 17.6. The quantitative estimate of drug-likeness (QED) is 0.395. The second-order valence-corrected chi connectivity index (χ2v) is 6.59. The van der Waals surface area contributed by atoms with Gasteiger partial charge in [0.15, 0.2) is 16.7 Å². The lowest BCUT2D eigenvalue weighted by atomic mass is 10.2. The Morgan fingerprint density at radius 1 is 1.43 bits per heavy atom. The van der Waals surface area contributed by atoms with Crippen molar-refractivity contribution >= 4 is 17.7 Å². The zero-order valence-electron chi connectivity index (χ0n) is 13.8. The van der Waals surface area contributed by atoms with E-state index >= 15 is 0 Å². The van der Waals surface area contributed by atoms with Crippen LogP contribution in [0.15, 0.2) is 28.0 Å². The van der Waals surface area contributed by atoms with Crippen LogP contribution < -0.4 is 0 Å². The molecule has 6 nitrogen and oxygen atoms in total. The minimum absolute atomic E-state index is 0.220. The molecule has 0 unspecified atom stereocenters. The summed E-state index contributed by atoms with van der Waals surface area (Å²) in [6, 6.07) is 3.68. The van der Waals surface area contributed by atoms with Crippen LogP contribution in [0.25, 0.3) is 11.6 Å². The Balaban J connectivity index is 2.05. The van der Waals surface area contributed by atoms with Gasteiger partial charge in [-0.3, -0.25) is 9.36 Å².